The van der Waals surface area contributed by atoms with Gasteiger partial charge in [0.25, 0.3) is 0 Å². The molecule has 0 aromatic rings. The predicted octanol–water partition coefficient (Wildman–Crippen LogP) is 0.459. The molecule has 0 aromatic heterocycles. The average molecular weight is 199 g/mol. The van der Waals surface area contributed by atoms with Crippen LogP contribution in [-0.2, 0) is 14.3 Å². The first-order chi connectivity index (χ1) is 6.50. The normalized spacial score (nSPS) is 24.0. The lowest BCUT2D eigenvalue weighted by atomic mass is 9.96. The molecule has 1 rings (SSSR count). The molecule has 1 saturated heterocycles. The summed E-state index contributed by atoms with van der Waals surface area (Å²) in [6.45, 7) is 4.72. The molecule has 1 heterocycles. The summed E-state index contributed by atoms with van der Waals surface area (Å²) in [6, 6.07) is 0. The quantitative estimate of drug-likeness (QED) is 0.479. The number of carbonyl (C=O) groups is 2. The van der Waals surface area contributed by atoms with Crippen molar-refractivity contribution in [3.63, 3.8) is 0 Å². The van der Waals surface area contributed by atoms with Crippen molar-refractivity contribution in [3.05, 3.63) is 0 Å². The molecule has 4 heteroatoms. The number of piperidine rings is 1. The first-order valence-corrected chi connectivity index (χ1v) is 4.92. The smallest absolute Gasteiger partial charge is 0.316 e. The molecular formula is C10H17NO3. The number of likely N-dealkylation sites (tertiary alicyclic amines) is 1. The van der Waals surface area contributed by atoms with Crippen LogP contribution in [0.15, 0.2) is 0 Å². The monoisotopic (exact) mass is 199 g/mol. The van der Waals surface area contributed by atoms with E-state index in [2.05, 4.69) is 0 Å². The highest BCUT2D eigenvalue weighted by Gasteiger charge is 2.32. The summed E-state index contributed by atoms with van der Waals surface area (Å²) in [6.07, 6.45) is 0.441. The third kappa shape index (κ3) is 2.80. The third-order valence-electron chi connectivity index (χ3n) is 2.25. The lowest BCUT2D eigenvalue weighted by Gasteiger charge is -2.26. The lowest BCUT2D eigenvalue weighted by molar-refractivity contribution is -0.157. The van der Waals surface area contributed by atoms with E-state index in [1.54, 1.807) is 13.8 Å². The Morgan fingerprint density at radius 2 is 2.21 bits per heavy atom. The molecule has 0 saturated carbocycles. The van der Waals surface area contributed by atoms with Crippen LogP contribution < -0.4 is 0 Å². The number of rotatable bonds is 2. The van der Waals surface area contributed by atoms with Gasteiger partial charge in [0.15, 0.2) is 5.78 Å². The van der Waals surface area contributed by atoms with Crippen molar-refractivity contribution < 1.29 is 14.3 Å². The zero-order chi connectivity index (χ0) is 10.7. The number of likely N-dealkylation sites (N-methyl/N-ethyl adjacent to an activating group) is 1. The molecule has 1 unspecified atom stereocenters. The Morgan fingerprint density at radius 3 is 2.71 bits per heavy atom. The van der Waals surface area contributed by atoms with Gasteiger partial charge in [0.2, 0.25) is 0 Å². The summed E-state index contributed by atoms with van der Waals surface area (Å²) in [5.41, 5.74) is 0. The predicted molar refractivity (Wildman–Crippen MR) is 51.8 cm³/mol. The van der Waals surface area contributed by atoms with Gasteiger partial charge in [-0.05, 0) is 33.9 Å². The molecule has 0 radical (unpaired) electrons. The van der Waals surface area contributed by atoms with Crippen molar-refractivity contribution in [2.45, 2.75) is 26.4 Å². The summed E-state index contributed by atoms with van der Waals surface area (Å²) >= 11 is 0. The number of ether oxygens (including phenoxy) is 1. The summed E-state index contributed by atoms with van der Waals surface area (Å²) in [7, 11) is 1.88. The molecule has 0 aromatic carbocycles. The van der Waals surface area contributed by atoms with Crippen molar-refractivity contribution >= 4 is 11.8 Å². The van der Waals surface area contributed by atoms with Gasteiger partial charge in [-0.3, -0.25) is 14.5 Å². The highest BCUT2D eigenvalue weighted by molar-refractivity contribution is 6.00. The van der Waals surface area contributed by atoms with Crippen LogP contribution in [0.1, 0.15) is 20.3 Å². The van der Waals surface area contributed by atoms with Gasteiger partial charge >= 0.3 is 5.97 Å². The minimum Gasteiger partial charge on any atom is -0.462 e. The number of esters is 1. The Kier molecular flexibility index (Phi) is 3.63. The first-order valence-electron chi connectivity index (χ1n) is 4.92. The first kappa shape index (κ1) is 11.2. The fourth-order valence-corrected chi connectivity index (χ4v) is 1.53. The Hall–Kier alpha value is -0.900. The van der Waals surface area contributed by atoms with Crippen LogP contribution in [0.5, 0.6) is 0 Å². The Bertz CT molecular complexity index is 238. The molecule has 0 amide bonds. The van der Waals surface area contributed by atoms with Gasteiger partial charge in [-0.1, -0.05) is 0 Å². The number of nitrogens with zero attached hydrogens (tertiary/aromatic N) is 1. The second-order valence-electron chi connectivity index (χ2n) is 4.03. The minimum absolute atomic E-state index is 0.0237. The lowest BCUT2D eigenvalue weighted by Crippen LogP contribution is -2.42. The van der Waals surface area contributed by atoms with Gasteiger partial charge < -0.3 is 4.74 Å². The number of hydrogen-bond donors (Lipinski definition) is 0. The van der Waals surface area contributed by atoms with Crippen molar-refractivity contribution in [2.24, 2.45) is 5.92 Å². The fraction of sp³-hybridized carbons (Fsp3) is 0.800. The molecule has 1 atom stereocenters. The molecule has 1 aliphatic heterocycles. The van der Waals surface area contributed by atoms with Gasteiger partial charge in [0.1, 0.15) is 5.92 Å². The highest BCUT2D eigenvalue weighted by Crippen LogP contribution is 2.15. The minimum atomic E-state index is -0.534. The fourth-order valence-electron chi connectivity index (χ4n) is 1.53. The summed E-state index contributed by atoms with van der Waals surface area (Å²) in [5.74, 6) is -0.920. The number of carbonyl (C=O) groups excluding carboxylic acids is 2. The SMILES string of the molecule is CC(C)OC(=O)C1CCN(C)CC1=O. The van der Waals surface area contributed by atoms with E-state index in [0.29, 0.717) is 13.0 Å². The Balaban J connectivity index is 2.52. The molecule has 0 bridgehead atoms. The van der Waals surface area contributed by atoms with Gasteiger partial charge in [-0.2, -0.15) is 0 Å². The maximum absolute atomic E-state index is 11.5. The molecule has 0 N–H and O–H groups in total. The van der Waals surface area contributed by atoms with Gasteiger partial charge in [-0.15, -0.1) is 0 Å². The zero-order valence-electron chi connectivity index (χ0n) is 8.95. The standard InChI is InChI=1S/C10H17NO3/c1-7(2)14-10(13)8-4-5-11(3)6-9(8)12/h7-8H,4-6H2,1-3H3. The van der Waals surface area contributed by atoms with E-state index in [4.69, 9.17) is 4.74 Å². The van der Waals surface area contributed by atoms with Crippen LogP contribution in [0.2, 0.25) is 0 Å². The molecular weight excluding hydrogens is 182 g/mol. The topological polar surface area (TPSA) is 46.6 Å². The van der Waals surface area contributed by atoms with Crippen molar-refractivity contribution in [3.8, 4) is 0 Å². The highest BCUT2D eigenvalue weighted by atomic mass is 16.5. The van der Waals surface area contributed by atoms with E-state index in [1.807, 2.05) is 11.9 Å². The van der Waals surface area contributed by atoms with Crippen LogP contribution in [-0.4, -0.2) is 42.9 Å². The Labute approximate surface area is 84.2 Å². The van der Waals surface area contributed by atoms with Crippen molar-refractivity contribution in [1.82, 2.24) is 4.90 Å². The average Bonchev–Trinajstić information content (AvgIpc) is 2.01. The van der Waals surface area contributed by atoms with Gasteiger partial charge in [0.05, 0.1) is 12.6 Å². The second kappa shape index (κ2) is 4.55. The van der Waals surface area contributed by atoms with Crippen LogP contribution >= 0.6 is 0 Å². The zero-order valence-corrected chi connectivity index (χ0v) is 8.95. The van der Waals surface area contributed by atoms with Gasteiger partial charge in [-0.25, -0.2) is 0 Å². The van der Waals surface area contributed by atoms with Crippen molar-refractivity contribution in [1.29, 1.82) is 0 Å². The molecule has 0 spiro atoms. The molecule has 0 aliphatic carbocycles. The van der Waals surface area contributed by atoms with Gasteiger partial charge in [0, 0.05) is 0 Å². The van der Waals surface area contributed by atoms with E-state index in [1.165, 1.54) is 0 Å². The maximum atomic E-state index is 11.5. The summed E-state index contributed by atoms with van der Waals surface area (Å²) < 4.78 is 5.02. The maximum Gasteiger partial charge on any atom is 0.316 e. The molecule has 1 fully saturated rings. The number of ketones is 1. The van der Waals surface area contributed by atoms with E-state index in [0.717, 1.165) is 6.54 Å². The number of Topliss-reactive ketones (excluding diaryl/α,β-unsaturated/α-hetero) is 1. The number of hydrogen-bond acceptors (Lipinski definition) is 4. The molecule has 1 aliphatic rings. The van der Waals surface area contributed by atoms with Crippen LogP contribution in [0.3, 0.4) is 0 Å². The van der Waals surface area contributed by atoms with E-state index >= 15 is 0 Å². The largest absolute Gasteiger partial charge is 0.462 e. The molecule has 4 nitrogen and oxygen atoms in total. The molecule has 80 valence electrons. The third-order valence-corrected chi connectivity index (χ3v) is 2.25. The summed E-state index contributed by atoms with van der Waals surface area (Å²) in [5, 5.41) is 0. The van der Waals surface area contributed by atoms with E-state index < -0.39 is 5.92 Å². The second-order valence-corrected chi connectivity index (χ2v) is 4.03. The van der Waals surface area contributed by atoms with Crippen LogP contribution in [0.25, 0.3) is 0 Å². The van der Waals surface area contributed by atoms with E-state index in [-0.39, 0.29) is 17.9 Å². The van der Waals surface area contributed by atoms with E-state index in [9.17, 15) is 9.59 Å². The van der Waals surface area contributed by atoms with Crippen molar-refractivity contribution in [2.75, 3.05) is 20.1 Å². The van der Waals surface area contributed by atoms with Crippen LogP contribution in [0, 0.1) is 5.92 Å². The Morgan fingerprint density at radius 1 is 1.57 bits per heavy atom. The van der Waals surface area contributed by atoms with Crippen LogP contribution in [0.4, 0.5) is 0 Å². The molecule has 14 heavy (non-hydrogen) atoms. The summed E-state index contributed by atoms with van der Waals surface area (Å²) in [4.78, 5) is 24.9.